The molecular weight excluding hydrogens is 260 g/mol. The van der Waals surface area contributed by atoms with Gasteiger partial charge in [-0.3, -0.25) is 10.1 Å². The third kappa shape index (κ3) is 3.26. The lowest BCUT2D eigenvalue weighted by atomic mass is 10.1. The molecule has 17 heavy (non-hydrogen) atoms. The summed E-state index contributed by atoms with van der Waals surface area (Å²) < 4.78 is 0. The van der Waals surface area contributed by atoms with E-state index in [-0.39, 0.29) is 10.7 Å². The Kier molecular flexibility index (Phi) is 4.12. The van der Waals surface area contributed by atoms with E-state index in [0.717, 1.165) is 17.9 Å². The van der Waals surface area contributed by atoms with Crippen LogP contribution in [-0.2, 0) is 0 Å². The largest absolute Gasteiger partial charge is 0.381 e. The van der Waals surface area contributed by atoms with Gasteiger partial charge in [0.05, 0.1) is 4.92 Å². The first kappa shape index (κ1) is 12.5. The number of nitrogens with zero attached hydrogens (tertiary/aromatic N) is 1. The van der Waals surface area contributed by atoms with Crippen LogP contribution in [0, 0.1) is 10.1 Å². The van der Waals surface area contributed by atoms with Crippen molar-refractivity contribution in [1.29, 1.82) is 0 Å². The van der Waals surface area contributed by atoms with Gasteiger partial charge in [0.25, 0.3) is 5.69 Å². The predicted molar refractivity (Wildman–Crippen MR) is 72.1 cm³/mol. The van der Waals surface area contributed by atoms with Crippen molar-refractivity contribution >= 4 is 34.7 Å². The fraction of sp³-hybridized carbons (Fsp3) is 0.455. The van der Waals surface area contributed by atoms with Crippen molar-refractivity contribution in [2.24, 2.45) is 0 Å². The fourth-order valence-electron chi connectivity index (χ4n) is 1.83. The van der Waals surface area contributed by atoms with Gasteiger partial charge in [-0.05, 0) is 30.7 Å². The lowest BCUT2D eigenvalue weighted by Crippen LogP contribution is -2.25. The highest BCUT2D eigenvalue weighted by Crippen LogP contribution is 2.29. The van der Waals surface area contributed by atoms with E-state index in [4.69, 9.17) is 11.6 Å². The Morgan fingerprint density at radius 1 is 1.53 bits per heavy atom. The van der Waals surface area contributed by atoms with Crippen LogP contribution in [0.3, 0.4) is 0 Å². The molecule has 1 aliphatic heterocycles. The molecule has 0 aromatic heterocycles. The first-order chi connectivity index (χ1) is 8.16. The van der Waals surface area contributed by atoms with Crippen LogP contribution in [0.2, 0.25) is 5.02 Å². The highest BCUT2D eigenvalue weighted by Gasteiger charge is 2.16. The smallest absolute Gasteiger partial charge is 0.289 e. The molecule has 0 radical (unpaired) electrons. The molecule has 1 saturated heterocycles. The van der Waals surface area contributed by atoms with Crippen molar-refractivity contribution < 1.29 is 4.92 Å². The van der Waals surface area contributed by atoms with Gasteiger partial charge in [0.2, 0.25) is 0 Å². The highest BCUT2D eigenvalue weighted by molar-refractivity contribution is 7.99. The molecule has 0 amide bonds. The number of anilines is 1. The first-order valence-corrected chi connectivity index (χ1v) is 6.98. The number of hydrogen-bond donors (Lipinski definition) is 1. The quantitative estimate of drug-likeness (QED) is 0.675. The highest BCUT2D eigenvalue weighted by atomic mass is 35.5. The second-order valence-electron chi connectivity index (χ2n) is 3.98. The number of nitro groups is 1. The zero-order valence-electron chi connectivity index (χ0n) is 9.19. The van der Waals surface area contributed by atoms with Crippen molar-refractivity contribution in [2.45, 2.75) is 18.9 Å². The molecule has 0 saturated carbocycles. The second kappa shape index (κ2) is 5.60. The van der Waals surface area contributed by atoms with Crippen molar-refractivity contribution in [3.05, 3.63) is 33.3 Å². The van der Waals surface area contributed by atoms with E-state index in [9.17, 15) is 10.1 Å². The van der Waals surface area contributed by atoms with E-state index in [1.54, 1.807) is 12.1 Å². The van der Waals surface area contributed by atoms with Crippen LogP contribution in [-0.4, -0.2) is 22.5 Å². The van der Waals surface area contributed by atoms with Crippen LogP contribution in [0.15, 0.2) is 18.2 Å². The van der Waals surface area contributed by atoms with Gasteiger partial charge >= 0.3 is 0 Å². The Morgan fingerprint density at radius 2 is 2.35 bits per heavy atom. The fourth-order valence-corrected chi connectivity index (χ4v) is 3.09. The van der Waals surface area contributed by atoms with Crippen LogP contribution < -0.4 is 5.32 Å². The zero-order chi connectivity index (χ0) is 12.3. The van der Waals surface area contributed by atoms with Gasteiger partial charge in [-0.15, -0.1) is 0 Å². The molecule has 6 heteroatoms. The standard InChI is InChI=1S/C11H13ClN2O2S/c12-10-4-3-8(6-11(10)14(15)16)13-9-2-1-5-17-7-9/h3-4,6,9,13H,1-2,5,7H2. The number of thioether (sulfide) groups is 1. The zero-order valence-corrected chi connectivity index (χ0v) is 10.8. The molecule has 92 valence electrons. The molecule has 1 aromatic carbocycles. The molecular formula is C11H13ClN2O2S. The number of benzene rings is 1. The van der Waals surface area contributed by atoms with Gasteiger partial charge in [0.1, 0.15) is 5.02 Å². The summed E-state index contributed by atoms with van der Waals surface area (Å²) in [5, 5.41) is 14.3. The maximum atomic E-state index is 10.8. The molecule has 1 unspecified atom stereocenters. The summed E-state index contributed by atoms with van der Waals surface area (Å²) in [6.07, 6.45) is 2.31. The molecule has 0 bridgehead atoms. The van der Waals surface area contributed by atoms with E-state index in [0.29, 0.717) is 6.04 Å². The summed E-state index contributed by atoms with van der Waals surface area (Å²) in [5.74, 6) is 2.26. The minimum atomic E-state index is -0.455. The molecule has 1 N–H and O–H groups in total. The number of nitro benzene ring substituents is 1. The Morgan fingerprint density at radius 3 is 3.00 bits per heavy atom. The lowest BCUT2D eigenvalue weighted by Gasteiger charge is -2.23. The van der Waals surface area contributed by atoms with Gasteiger partial charge in [0.15, 0.2) is 0 Å². The number of halogens is 1. The Labute approximate surface area is 109 Å². The van der Waals surface area contributed by atoms with Crippen molar-refractivity contribution in [3.8, 4) is 0 Å². The number of hydrogen-bond acceptors (Lipinski definition) is 4. The SMILES string of the molecule is O=[N+]([O-])c1cc(NC2CCCSC2)ccc1Cl. The predicted octanol–water partition coefficient (Wildman–Crippen LogP) is 3.56. The van der Waals surface area contributed by atoms with Crippen LogP contribution in [0.25, 0.3) is 0 Å². The van der Waals surface area contributed by atoms with Crippen molar-refractivity contribution in [3.63, 3.8) is 0 Å². The minimum absolute atomic E-state index is 0.0415. The summed E-state index contributed by atoms with van der Waals surface area (Å²) >= 11 is 7.67. The average Bonchev–Trinajstić information content (AvgIpc) is 2.32. The van der Waals surface area contributed by atoms with Gasteiger partial charge in [-0.1, -0.05) is 11.6 Å². The van der Waals surface area contributed by atoms with Crippen LogP contribution >= 0.6 is 23.4 Å². The monoisotopic (exact) mass is 272 g/mol. The van der Waals surface area contributed by atoms with Crippen molar-refractivity contribution in [2.75, 3.05) is 16.8 Å². The summed E-state index contributed by atoms with van der Waals surface area (Å²) in [6, 6.07) is 5.25. The van der Waals surface area contributed by atoms with E-state index >= 15 is 0 Å². The van der Waals surface area contributed by atoms with E-state index in [1.807, 2.05) is 11.8 Å². The molecule has 1 aromatic rings. The topological polar surface area (TPSA) is 55.2 Å². The summed E-state index contributed by atoms with van der Waals surface area (Å²) in [4.78, 5) is 10.3. The van der Waals surface area contributed by atoms with Crippen molar-refractivity contribution in [1.82, 2.24) is 0 Å². The van der Waals surface area contributed by atoms with Gasteiger partial charge in [-0.2, -0.15) is 11.8 Å². The number of nitrogens with one attached hydrogen (secondary N) is 1. The van der Waals surface area contributed by atoms with Crippen LogP contribution in [0.5, 0.6) is 0 Å². The molecule has 0 spiro atoms. The van der Waals surface area contributed by atoms with Gasteiger partial charge in [-0.25, -0.2) is 0 Å². The third-order valence-corrected chi connectivity index (χ3v) is 4.21. The van der Waals surface area contributed by atoms with E-state index in [2.05, 4.69) is 5.32 Å². The molecule has 1 atom stereocenters. The maximum Gasteiger partial charge on any atom is 0.289 e. The Bertz CT molecular complexity index is 422. The first-order valence-electron chi connectivity index (χ1n) is 5.45. The summed E-state index contributed by atoms with van der Waals surface area (Å²) in [6.45, 7) is 0. The minimum Gasteiger partial charge on any atom is -0.381 e. The molecule has 1 fully saturated rings. The number of rotatable bonds is 3. The average molecular weight is 273 g/mol. The molecule has 4 nitrogen and oxygen atoms in total. The van der Waals surface area contributed by atoms with Crippen LogP contribution in [0.4, 0.5) is 11.4 Å². The summed E-state index contributed by atoms with van der Waals surface area (Å²) in [7, 11) is 0. The Hall–Kier alpha value is -0.940. The molecule has 1 heterocycles. The second-order valence-corrected chi connectivity index (χ2v) is 5.54. The van der Waals surface area contributed by atoms with E-state index in [1.165, 1.54) is 18.2 Å². The maximum absolute atomic E-state index is 10.8. The normalized spacial score (nSPS) is 19.9. The third-order valence-electron chi connectivity index (χ3n) is 2.67. The van der Waals surface area contributed by atoms with E-state index < -0.39 is 4.92 Å². The van der Waals surface area contributed by atoms with Gasteiger partial charge in [0, 0.05) is 23.5 Å². The Balaban J connectivity index is 2.10. The summed E-state index contributed by atoms with van der Waals surface area (Å²) in [5.41, 5.74) is 0.730. The molecule has 2 rings (SSSR count). The van der Waals surface area contributed by atoms with Gasteiger partial charge < -0.3 is 5.32 Å². The molecule has 1 aliphatic rings. The van der Waals surface area contributed by atoms with Crippen LogP contribution in [0.1, 0.15) is 12.8 Å². The lowest BCUT2D eigenvalue weighted by molar-refractivity contribution is -0.384. The molecule has 0 aliphatic carbocycles.